The van der Waals surface area contributed by atoms with Gasteiger partial charge in [-0.2, -0.15) is 0 Å². The molecule has 0 aromatic heterocycles. The molecule has 0 saturated heterocycles. The second kappa shape index (κ2) is 17.7. The lowest BCUT2D eigenvalue weighted by molar-refractivity contribution is 0.304. The van der Waals surface area contributed by atoms with E-state index in [2.05, 4.69) is 159 Å². The zero-order valence-corrected chi connectivity index (χ0v) is 35.1. The Bertz CT molecular complexity index is 2570. The molecule has 0 unspecified atom stereocenters. The van der Waals surface area contributed by atoms with Crippen molar-refractivity contribution >= 4 is 43.1 Å². The molecule has 0 N–H and O–H groups in total. The fourth-order valence-corrected chi connectivity index (χ4v) is 10.0. The highest BCUT2D eigenvalue weighted by molar-refractivity contribution is 6.19. The Morgan fingerprint density at radius 2 is 0.881 bits per heavy atom. The molecule has 2 nitrogen and oxygen atoms in total. The normalized spacial score (nSPS) is 13.0. The van der Waals surface area contributed by atoms with Crippen molar-refractivity contribution < 1.29 is 9.47 Å². The van der Waals surface area contributed by atoms with Gasteiger partial charge in [-0.15, -0.1) is 0 Å². The number of hydrogen-bond donors (Lipinski definition) is 0. The highest BCUT2D eigenvalue weighted by Crippen LogP contribution is 2.57. The summed E-state index contributed by atoms with van der Waals surface area (Å²) < 4.78 is 12.8. The Balaban J connectivity index is 1.17. The molecule has 1 aliphatic rings. The van der Waals surface area contributed by atoms with Crippen LogP contribution in [0.25, 0.3) is 54.2 Å². The first kappa shape index (κ1) is 38.9. The Labute approximate surface area is 351 Å². The number of fused-ring (bicyclic) bond motifs is 2. The van der Waals surface area contributed by atoms with Gasteiger partial charge in [0.15, 0.2) is 0 Å². The van der Waals surface area contributed by atoms with Gasteiger partial charge in [-0.3, -0.25) is 0 Å². The molecule has 8 aromatic rings. The summed E-state index contributed by atoms with van der Waals surface area (Å²) in [5.41, 5.74) is 7.12. The molecule has 2 heteroatoms. The Kier molecular flexibility index (Phi) is 11.7. The van der Waals surface area contributed by atoms with Crippen LogP contribution < -0.4 is 9.47 Å². The molecule has 0 spiro atoms. The Morgan fingerprint density at radius 1 is 0.390 bits per heavy atom. The lowest BCUT2D eigenvalue weighted by Gasteiger charge is -2.34. The molecular formula is C57H58O2. The number of ether oxygens (including phenoxy) is 2. The minimum atomic E-state index is -0.562. The van der Waals surface area contributed by atoms with Crippen LogP contribution in [0.3, 0.4) is 0 Å². The molecule has 0 radical (unpaired) electrons. The van der Waals surface area contributed by atoms with Crippen LogP contribution in [0.4, 0.5) is 0 Å². The van der Waals surface area contributed by atoms with Crippen molar-refractivity contribution in [2.75, 3.05) is 13.2 Å². The maximum Gasteiger partial charge on any atom is 0.119 e. The van der Waals surface area contributed by atoms with E-state index in [0.717, 1.165) is 37.6 Å². The number of rotatable bonds is 19. The maximum atomic E-state index is 6.38. The average molecular weight is 775 g/mol. The quantitative estimate of drug-likeness (QED) is 0.0463. The lowest BCUT2D eigenvalue weighted by Crippen LogP contribution is -2.28. The van der Waals surface area contributed by atoms with Gasteiger partial charge in [0.2, 0.25) is 0 Å². The van der Waals surface area contributed by atoms with Crippen molar-refractivity contribution in [3.8, 4) is 22.6 Å². The van der Waals surface area contributed by atoms with Gasteiger partial charge in [-0.05, 0) is 132 Å². The number of hydrogen-bond acceptors (Lipinski definition) is 2. The van der Waals surface area contributed by atoms with Gasteiger partial charge in [0.25, 0.3) is 0 Å². The Morgan fingerprint density at radius 3 is 1.46 bits per heavy atom. The first-order valence-corrected chi connectivity index (χ1v) is 22.6. The molecule has 0 saturated carbocycles. The van der Waals surface area contributed by atoms with Crippen molar-refractivity contribution in [1.82, 2.24) is 0 Å². The molecule has 0 amide bonds. The van der Waals surface area contributed by atoms with Gasteiger partial charge in [0, 0.05) is 0 Å². The minimum Gasteiger partial charge on any atom is -0.494 e. The third-order valence-corrected chi connectivity index (χ3v) is 12.9. The standard InChI is InChI=1S/C57H58O2/c1-3-5-7-9-11-17-36-58-48-32-28-46(29-33-48)57(47-30-34-49(35-31-47)59-37-18-12-10-8-6-4-2)52-25-19-22-41-26-27-44-39-45(40-53(57)56(44)55(41)52)54-50-23-15-13-20-42(50)38-43-21-14-16-24-51(43)54/h13-16,19-35,38-40H,3-12,17-18,36-37H2,1-2H3. The van der Waals surface area contributed by atoms with Gasteiger partial charge < -0.3 is 9.47 Å². The highest BCUT2D eigenvalue weighted by Gasteiger charge is 2.45. The second-order valence-corrected chi connectivity index (χ2v) is 16.8. The van der Waals surface area contributed by atoms with Crippen molar-refractivity contribution in [1.29, 1.82) is 0 Å². The van der Waals surface area contributed by atoms with E-state index in [4.69, 9.17) is 9.47 Å². The third-order valence-electron chi connectivity index (χ3n) is 12.9. The molecule has 9 rings (SSSR count). The van der Waals surface area contributed by atoms with Crippen LogP contribution >= 0.6 is 0 Å². The lowest BCUT2D eigenvalue weighted by atomic mass is 9.67. The largest absolute Gasteiger partial charge is 0.494 e. The summed E-state index contributed by atoms with van der Waals surface area (Å²) >= 11 is 0. The third kappa shape index (κ3) is 7.48. The summed E-state index contributed by atoms with van der Waals surface area (Å²) in [5, 5.41) is 10.3. The van der Waals surface area contributed by atoms with Crippen LogP contribution in [-0.4, -0.2) is 13.2 Å². The first-order valence-electron chi connectivity index (χ1n) is 22.6. The predicted molar refractivity (Wildman–Crippen MR) is 252 cm³/mol. The Hall–Kier alpha value is -5.60. The number of unbranched alkanes of at least 4 members (excludes halogenated alkanes) is 10. The van der Waals surface area contributed by atoms with E-state index in [9.17, 15) is 0 Å². The zero-order chi connectivity index (χ0) is 40.0. The second-order valence-electron chi connectivity index (χ2n) is 16.8. The van der Waals surface area contributed by atoms with Gasteiger partial charge in [0.1, 0.15) is 11.5 Å². The summed E-state index contributed by atoms with van der Waals surface area (Å²) in [6.07, 6.45) is 15.0. The highest BCUT2D eigenvalue weighted by atomic mass is 16.5. The minimum absolute atomic E-state index is 0.562. The molecule has 0 atom stereocenters. The number of benzene rings is 8. The molecule has 59 heavy (non-hydrogen) atoms. The molecule has 0 aliphatic heterocycles. The van der Waals surface area contributed by atoms with Crippen LogP contribution in [0.2, 0.25) is 0 Å². The van der Waals surface area contributed by atoms with Gasteiger partial charge in [-0.1, -0.05) is 181 Å². The van der Waals surface area contributed by atoms with Crippen molar-refractivity contribution in [3.63, 3.8) is 0 Å². The summed E-state index contributed by atoms with van der Waals surface area (Å²) in [6, 6.07) is 54.8. The van der Waals surface area contributed by atoms with Gasteiger partial charge in [-0.25, -0.2) is 0 Å². The van der Waals surface area contributed by atoms with E-state index >= 15 is 0 Å². The van der Waals surface area contributed by atoms with E-state index in [1.165, 1.54) is 141 Å². The van der Waals surface area contributed by atoms with Crippen LogP contribution in [0.1, 0.15) is 113 Å². The molecular weight excluding hydrogens is 717 g/mol. The van der Waals surface area contributed by atoms with Gasteiger partial charge >= 0.3 is 0 Å². The fourth-order valence-electron chi connectivity index (χ4n) is 10.0. The van der Waals surface area contributed by atoms with E-state index in [-0.39, 0.29) is 0 Å². The van der Waals surface area contributed by atoms with E-state index in [0.29, 0.717) is 0 Å². The molecule has 298 valence electrons. The topological polar surface area (TPSA) is 18.5 Å². The molecule has 0 bridgehead atoms. The first-order chi connectivity index (χ1) is 29.2. The van der Waals surface area contributed by atoms with Crippen LogP contribution in [0, 0.1) is 0 Å². The summed E-state index contributed by atoms with van der Waals surface area (Å²) in [7, 11) is 0. The van der Waals surface area contributed by atoms with E-state index in [1.54, 1.807) is 0 Å². The SMILES string of the molecule is CCCCCCCCOc1ccc(C2(c3ccc(OCCCCCCCC)cc3)c3cccc4ccc5cc(-c6c7ccccc7cc7ccccc67)cc2c5c34)cc1. The summed E-state index contributed by atoms with van der Waals surface area (Å²) in [4.78, 5) is 0. The smallest absolute Gasteiger partial charge is 0.119 e. The molecule has 8 aromatic carbocycles. The fraction of sp³-hybridized carbons (Fsp3) is 0.298. The van der Waals surface area contributed by atoms with Crippen molar-refractivity contribution in [2.45, 2.75) is 96.3 Å². The van der Waals surface area contributed by atoms with Crippen LogP contribution in [-0.2, 0) is 5.41 Å². The maximum absolute atomic E-state index is 6.38. The molecule has 0 fully saturated rings. The molecule has 0 heterocycles. The summed E-state index contributed by atoms with van der Waals surface area (Å²) in [5.74, 6) is 1.87. The van der Waals surface area contributed by atoms with Crippen LogP contribution in [0.5, 0.6) is 11.5 Å². The van der Waals surface area contributed by atoms with E-state index < -0.39 is 5.41 Å². The summed E-state index contributed by atoms with van der Waals surface area (Å²) in [6.45, 7) is 6.05. The van der Waals surface area contributed by atoms with E-state index in [1.807, 2.05) is 0 Å². The van der Waals surface area contributed by atoms with Crippen molar-refractivity contribution in [3.05, 3.63) is 168 Å². The van der Waals surface area contributed by atoms with Crippen molar-refractivity contribution in [2.24, 2.45) is 0 Å². The average Bonchev–Trinajstić information content (AvgIpc) is 3.59. The zero-order valence-electron chi connectivity index (χ0n) is 35.1. The van der Waals surface area contributed by atoms with Crippen LogP contribution in [0.15, 0.2) is 146 Å². The van der Waals surface area contributed by atoms with Gasteiger partial charge in [0.05, 0.1) is 18.6 Å². The monoisotopic (exact) mass is 774 g/mol. The molecule has 1 aliphatic carbocycles. The predicted octanol–water partition coefficient (Wildman–Crippen LogP) is 16.1.